The number of hydrogen-bond donors (Lipinski definition) is 1. The molecule has 2 aromatic heterocycles. The van der Waals surface area contributed by atoms with Gasteiger partial charge in [-0.1, -0.05) is 36.0 Å². The number of methoxy groups -OCH3 is 2. The van der Waals surface area contributed by atoms with Crippen LogP contribution in [0.2, 0.25) is 0 Å². The molecule has 1 amide bonds. The summed E-state index contributed by atoms with van der Waals surface area (Å²) >= 11 is 2.54. The molecule has 4 aromatic rings. The number of rotatable bonds is 11. The van der Waals surface area contributed by atoms with Gasteiger partial charge in [-0.05, 0) is 62.6 Å². The third kappa shape index (κ3) is 6.31. The van der Waals surface area contributed by atoms with Crippen molar-refractivity contribution in [2.24, 2.45) is 0 Å². The highest BCUT2D eigenvalue weighted by molar-refractivity contribution is 7.99. The SMILES string of the molecule is CCn1c(SCC(=O)Nc2scc(-c3ccc(OC)cc3)c2C(=O)OC)nnc1C(C)Oc1cccc(C)c1C. The minimum Gasteiger partial charge on any atom is -0.497 e. The topological polar surface area (TPSA) is 105 Å². The molecular formula is C29H32N4O5S2. The van der Waals surface area contributed by atoms with Gasteiger partial charge >= 0.3 is 5.97 Å². The maximum atomic E-state index is 13.0. The van der Waals surface area contributed by atoms with Gasteiger partial charge in [0, 0.05) is 17.5 Å². The predicted molar refractivity (Wildman–Crippen MR) is 158 cm³/mol. The molecule has 2 heterocycles. The van der Waals surface area contributed by atoms with Gasteiger partial charge in [0.25, 0.3) is 0 Å². The Labute approximate surface area is 241 Å². The van der Waals surface area contributed by atoms with Gasteiger partial charge < -0.3 is 24.1 Å². The van der Waals surface area contributed by atoms with Crippen LogP contribution in [0.5, 0.6) is 11.5 Å². The maximum Gasteiger partial charge on any atom is 0.341 e. The zero-order valence-electron chi connectivity index (χ0n) is 23.3. The van der Waals surface area contributed by atoms with Crippen LogP contribution in [0.4, 0.5) is 5.00 Å². The van der Waals surface area contributed by atoms with E-state index in [1.807, 2.05) is 80.1 Å². The fraction of sp³-hybridized carbons (Fsp3) is 0.310. The Bertz CT molecular complexity index is 1500. The third-order valence-electron chi connectivity index (χ3n) is 6.45. The second kappa shape index (κ2) is 13.0. The summed E-state index contributed by atoms with van der Waals surface area (Å²) < 4.78 is 18.4. The molecule has 9 nitrogen and oxygen atoms in total. The van der Waals surface area contributed by atoms with Crippen LogP contribution in [0, 0.1) is 13.8 Å². The first-order chi connectivity index (χ1) is 19.3. The number of thioether (sulfide) groups is 1. The molecule has 0 saturated heterocycles. The van der Waals surface area contributed by atoms with E-state index in [0.717, 1.165) is 22.4 Å². The number of aromatic nitrogens is 3. The molecule has 4 rings (SSSR count). The van der Waals surface area contributed by atoms with Gasteiger partial charge in [-0.3, -0.25) is 4.79 Å². The van der Waals surface area contributed by atoms with Crippen molar-refractivity contribution in [1.82, 2.24) is 14.8 Å². The van der Waals surface area contributed by atoms with Gasteiger partial charge in [-0.25, -0.2) is 4.79 Å². The van der Waals surface area contributed by atoms with E-state index in [0.29, 0.717) is 39.4 Å². The van der Waals surface area contributed by atoms with Crippen molar-refractivity contribution in [1.29, 1.82) is 0 Å². The molecule has 11 heteroatoms. The molecule has 1 N–H and O–H groups in total. The number of amides is 1. The smallest absolute Gasteiger partial charge is 0.341 e. The van der Waals surface area contributed by atoms with Gasteiger partial charge in [0.2, 0.25) is 5.91 Å². The largest absolute Gasteiger partial charge is 0.497 e. The quantitative estimate of drug-likeness (QED) is 0.163. The number of nitrogens with zero attached hydrogens (tertiary/aromatic N) is 3. The lowest BCUT2D eigenvalue weighted by Gasteiger charge is -2.17. The maximum absolute atomic E-state index is 13.0. The highest BCUT2D eigenvalue weighted by Crippen LogP contribution is 2.37. The fourth-order valence-electron chi connectivity index (χ4n) is 4.13. The molecule has 2 aromatic carbocycles. The first-order valence-electron chi connectivity index (χ1n) is 12.7. The molecule has 0 saturated carbocycles. The molecule has 1 unspecified atom stereocenters. The lowest BCUT2D eigenvalue weighted by Crippen LogP contribution is -2.17. The van der Waals surface area contributed by atoms with Crippen LogP contribution in [0.3, 0.4) is 0 Å². The van der Waals surface area contributed by atoms with Crippen molar-refractivity contribution >= 4 is 40.0 Å². The number of carbonyl (C=O) groups excluding carboxylic acids is 2. The Kier molecular flexibility index (Phi) is 9.49. The van der Waals surface area contributed by atoms with Crippen LogP contribution < -0.4 is 14.8 Å². The van der Waals surface area contributed by atoms with E-state index in [-0.39, 0.29) is 17.8 Å². The minimum atomic E-state index is -0.525. The van der Waals surface area contributed by atoms with E-state index in [9.17, 15) is 9.59 Å². The van der Waals surface area contributed by atoms with Crippen molar-refractivity contribution < 1.29 is 23.8 Å². The normalized spacial score (nSPS) is 11.7. The lowest BCUT2D eigenvalue weighted by molar-refractivity contribution is -0.113. The number of thiophene rings is 1. The van der Waals surface area contributed by atoms with Crippen molar-refractivity contribution in [2.75, 3.05) is 25.3 Å². The van der Waals surface area contributed by atoms with Crippen molar-refractivity contribution in [3.8, 4) is 22.6 Å². The average Bonchev–Trinajstić information content (AvgIpc) is 3.58. The molecule has 0 fully saturated rings. The first kappa shape index (κ1) is 29.2. The van der Waals surface area contributed by atoms with E-state index in [1.54, 1.807) is 7.11 Å². The van der Waals surface area contributed by atoms with E-state index in [2.05, 4.69) is 15.5 Å². The van der Waals surface area contributed by atoms with E-state index >= 15 is 0 Å². The average molecular weight is 581 g/mol. The van der Waals surface area contributed by atoms with Crippen molar-refractivity contribution in [3.05, 3.63) is 70.4 Å². The molecule has 0 spiro atoms. The Morgan fingerprint density at radius 1 is 1.10 bits per heavy atom. The molecular weight excluding hydrogens is 548 g/mol. The van der Waals surface area contributed by atoms with Crippen molar-refractivity contribution in [2.45, 2.75) is 45.5 Å². The van der Waals surface area contributed by atoms with Crippen LogP contribution in [0.15, 0.2) is 53.0 Å². The van der Waals surface area contributed by atoms with Gasteiger partial charge in [-0.15, -0.1) is 21.5 Å². The van der Waals surface area contributed by atoms with E-state index in [4.69, 9.17) is 14.2 Å². The zero-order chi connectivity index (χ0) is 28.8. The van der Waals surface area contributed by atoms with Gasteiger partial charge in [0.05, 0.1) is 20.0 Å². The molecule has 40 heavy (non-hydrogen) atoms. The Balaban J connectivity index is 1.46. The second-order valence-corrected chi connectivity index (χ2v) is 10.8. The third-order valence-corrected chi connectivity index (χ3v) is 8.31. The number of benzene rings is 2. The second-order valence-electron chi connectivity index (χ2n) is 8.95. The minimum absolute atomic E-state index is 0.0841. The van der Waals surface area contributed by atoms with Crippen LogP contribution >= 0.6 is 23.1 Å². The Hall–Kier alpha value is -3.83. The number of nitrogens with one attached hydrogen (secondary N) is 1. The Morgan fingerprint density at radius 2 is 1.85 bits per heavy atom. The molecule has 0 bridgehead atoms. The summed E-state index contributed by atoms with van der Waals surface area (Å²) in [5.41, 5.74) is 4.04. The van der Waals surface area contributed by atoms with Gasteiger partial charge in [-0.2, -0.15) is 0 Å². The Morgan fingerprint density at radius 3 is 2.52 bits per heavy atom. The standard InChI is InChI=1S/C29H32N4O5S2/c1-7-33-26(19(4)38-23-10-8-9-17(2)18(23)3)31-32-29(33)40-16-24(34)30-27-25(28(35)37-6)22(15-39-27)20-11-13-21(36-5)14-12-20/h8-15,19H,7,16H2,1-6H3,(H,30,34). The molecule has 1 atom stereocenters. The highest BCUT2D eigenvalue weighted by atomic mass is 32.2. The predicted octanol–water partition coefficient (Wildman–Crippen LogP) is 6.31. The summed E-state index contributed by atoms with van der Waals surface area (Å²) in [6.45, 7) is 8.63. The number of ether oxygens (including phenoxy) is 3. The summed E-state index contributed by atoms with van der Waals surface area (Å²) in [6.07, 6.45) is -0.332. The number of carbonyl (C=O) groups is 2. The molecule has 0 radical (unpaired) electrons. The number of esters is 1. The summed E-state index contributed by atoms with van der Waals surface area (Å²) in [7, 11) is 2.91. The van der Waals surface area contributed by atoms with Crippen LogP contribution in [0.1, 0.15) is 47.3 Å². The van der Waals surface area contributed by atoms with Gasteiger partial charge in [0.15, 0.2) is 17.1 Å². The zero-order valence-corrected chi connectivity index (χ0v) is 24.9. The van der Waals surface area contributed by atoms with Crippen molar-refractivity contribution in [3.63, 3.8) is 0 Å². The van der Waals surface area contributed by atoms with E-state index < -0.39 is 5.97 Å². The number of hydrogen-bond acceptors (Lipinski definition) is 9. The van der Waals surface area contributed by atoms with Crippen LogP contribution in [-0.4, -0.2) is 46.6 Å². The lowest BCUT2D eigenvalue weighted by atomic mass is 10.0. The number of anilines is 1. The van der Waals surface area contributed by atoms with E-state index in [1.165, 1.54) is 30.2 Å². The first-order valence-corrected chi connectivity index (χ1v) is 14.6. The molecule has 210 valence electrons. The molecule has 0 aliphatic heterocycles. The van der Waals surface area contributed by atoms with Crippen LogP contribution in [-0.2, 0) is 16.1 Å². The van der Waals surface area contributed by atoms with Gasteiger partial charge in [0.1, 0.15) is 22.1 Å². The molecule has 0 aliphatic carbocycles. The summed E-state index contributed by atoms with van der Waals surface area (Å²) in [5.74, 6) is 1.48. The monoisotopic (exact) mass is 580 g/mol. The highest BCUT2D eigenvalue weighted by Gasteiger charge is 2.24. The number of aryl methyl sites for hydroxylation is 1. The summed E-state index contributed by atoms with van der Waals surface area (Å²) in [4.78, 5) is 25.6. The molecule has 0 aliphatic rings. The summed E-state index contributed by atoms with van der Waals surface area (Å²) in [6, 6.07) is 13.3. The van der Waals surface area contributed by atoms with Crippen LogP contribution in [0.25, 0.3) is 11.1 Å². The fourth-order valence-corrected chi connectivity index (χ4v) is 5.91. The summed E-state index contributed by atoms with van der Waals surface area (Å²) in [5, 5.41) is 14.4.